The van der Waals surface area contributed by atoms with Gasteiger partial charge in [0.05, 0.1) is 6.54 Å². The Labute approximate surface area is 188 Å². The van der Waals surface area contributed by atoms with Gasteiger partial charge in [-0.1, -0.05) is 30.3 Å². The van der Waals surface area contributed by atoms with E-state index in [9.17, 15) is 9.18 Å². The lowest BCUT2D eigenvalue weighted by atomic mass is 10.1. The number of aliphatic imine (C=N–C) groups is 1. The van der Waals surface area contributed by atoms with E-state index in [1.165, 1.54) is 6.07 Å². The molecule has 0 saturated carbocycles. The molecule has 6 nitrogen and oxygen atoms in total. The Kier molecular flexibility index (Phi) is 9.17. The van der Waals surface area contributed by atoms with Gasteiger partial charge in [-0.2, -0.15) is 0 Å². The van der Waals surface area contributed by atoms with Crippen LogP contribution in [0.5, 0.6) is 0 Å². The number of benzene rings is 2. The van der Waals surface area contributed by atoms with E-state index >= 15 is 0 Å². The Morgan fingerprint density at radius 1 is 1.17 bits per heavy atom. The highest BCUT2D eigenvalue weighted by Gasteiger charge is 2.16. The van der Waals surface area contributed by atoms with Gasteiger partial charge in [0.15, 0.2) is 5.96 Å². The average Bonchev–Trinajstić information content (AvgIpc) is 2.72. The smallest absolute Gasteiger partial charge is 0.239 e. The number of carbonyl (C=O) groups excluding carboxylic acids is 1. The van der Waals surface area contributed by atoms with Crippen molar-refractivity contribution in [3.05, 3.63) is 65.5 Å². The predicted octanol–water partition coefficient (Wildman–Crippen LogP) is 2.29. The molecule has 0 atom stereocenters. The Morgan fingerprint density at radius 2 is 1.93 bits per heavy atom. The zero-order valence-electron chi connectivity index (χ0n) is 16.5. The van der Waals surface area contributed by atoms with Crippen molar-refractivity contribution in [2.24, 2.45) is 4.99 Å². The van der Waals surface area contributed by atoms with Crippen LogP contribution in [0.1, 0.15) is 11.1 Å². The number of carbonyl (C=O) groups is 1. The van der Waals surface area contributed by atoms with E-state index < -0.39 is 0 Å². The van der Waals surface area contributed by atoms with E-state index in [1.807, 2.05) is 30.3 Å². The summed E-state index contributed by atoms with van der Waals surface area (Å²) in [6.45, 7) is 3.12. The van der Waals surface area contributed by atoms with Crippen LogP contribution in [-0.4, -0.2) is 45.1 Å². The Balaban J connectivity index is 0.00000300. The molecule has 156 valence electrons. The molecule has 8 heteroatoms. The topological polar surface area (TPSA) is 68.8 Å². The molecule has 0 aliphatic carbocycles. The molecule has 2 aromatic rings. The summed E-state index contributed by atoms with van der Waals surface area (Å²) in [6, 6.07) is 14.9. The molecule has 1 saturated heterocycles. The fourth-order valence-corrected chi connectivity index (χ4v) is 3.11. The molecule has 0 bridgehead atoms. The molecule has 0 unspecified atom stereocenters. The summed E-state index contributed by atoms with van der Waals surface area (Å²) in [6.07, 6.45) is 0.589. The van der Waals surface area contributed by atoms with Crippen molar-refractivity contribution in [2.75, 3.05) is 38.1 Å². The minimum Gasteiger partial charge on any atom is -0.360 e. The van der Waals surface area contributed by atoms with Crippen molar-refractivity contribution in [3.63, 3.8) is 0 Å². The van der Waals surface area contributed by atoms with Crippen LogP contribution in [0.15, 0.2) is 53.5 Å². The van der Waals surface area contributed by atoms with Crippen LogP contribution >= 0.6 is 24.0 Å². The van der Waals surface area contributed by atoms with Crippen molar-refractivity contribution in [1.29, 1.82) is 0 Å². The maximum atomic E-state index is 13.7. The number of amides is 1. The lowest BCUT2D eigenvalue weighted by molar-refractivity contribution is -0.120. The zero-order valence-corrected chi connectivity index (χ0v) is 18.8. The van der Waals surface area contributed by atoms with Crippen LogP contribution in [0.2, 0.25) is 0 Å². The Bertz CT molecular complexity index is 828. The highest BCUT2D eigenvalue weighted by molar-refractivity contribution is 14.0. The number of anilines is 1. The quantitative estimate of drug-likeness (QED) is 0.317. The summed E-state index contributed by atoms with van der Waals surface area (Å²) in [5.41, 5.74) is 2.85. The predicted molar refractivity (Wildman–Crippen MR) is 125 cm³/mol. The molecule has 1 aliphatic heterocycles. The molecular formula is C21H27FIN5O. The Hall–Kier alpha value is -2.36. The van der Waals surface area contributed by atoms with E-state index in [4.69, 9.17) is 0 Å². The number of halogens is 2. The van der Waals surface area contributed by atoms with Crippen molar-refractivity contribution in [2.45, 2.75) is 13.0 Å². The van der Waals surface area contributed by atoms with E-state index in [-0.39, 0.29) is 35.7 Å². The summed E-state index contributed by atoms with van der Waals surface area (Å²) < 4.78 is 13.7. The van der Waals surface area contributed by atoms with Gasteiger partial charge in [-0.25, -0.2) is 4.39 Å². The van der Waals surface area contributed by atoms with Crippen molar-refractivity contribution in [3.8, 4) is 0 Å². The van der Waals surface area contributed by atoms with E-state index in [0.29, 0.717) is 44.1 Å². The van der Waals surface area contributed by atoms with Crippen LogP contribution in [0.4, 0.5) is 10.1 Å². The number of nitrogens with zero attached hydrogens (tertiary/aromatic N) is 2. The van der Waals surface area contributed by atoms with Gasteiger partial charge < -0.3 is 20.9 Å². The molecule has 3 N–H and O–H groups in total. The minimum atomic E-state index is -0.182. The first-order chi connectivity index (χ1) is 13.7. The van der Waals surface area contributed by atoms with Crippen LogP contribution in [0.3, 0.4) is 0 Å². The number of hydrogen-bond acceptors (Lipinski definition) is 3. The molecule has 1 heterocycles. The molecule has 0 aromatic heterocycles. The lowest BCUT2D eigenvalue weighted by Gasteiger charge is -2.28. The molecule has 3 rings (SSSR count). The number of nitrogens with one attached hydrogen (secondary N) is 3. The number of hydrogen-bond donors (Lipinski definition) is 3. The first-order valence-corrected chi connectivity index (χ1v) is 9.44. The van der Waals surface area contributed by atoms with Crippen LogP contribution in [-0.2, 0) is 17.8 Å². The van der Waals surface area contributed by atoms with Crippen molar-refractivity contribution < 1.29 is 9.18 Å². The number of rotatable bonds is 6. The molecule has 2 aromatic carbocycles. The third kappa shape index (κ3) is 6.88. The fraction of sp³-hybridized carbons (Fsp3) is 0.333. The SMILES string of the molecule is CN=C(NCCc1ccccc1F)NCc1ccc(N2CCNC(=O)C2)cc1.I. The normalized spacial score (nSPS) is 14.1. The van der Waals surface area contributed by atoms with Gasteiger partial charge in [-0.3, -0.25) is 9.79 Å². The summed E-state index contributed by atoms with van der Waals surface area (Å²) in [4.78, 5) is 17.8. The van der Waals surface area contributed by atoms with Crippen molar-refractivity contribution in [1.82, 2.24) is 16.0 Å². The molecule has 1 fully saturated rings. The second kappa shape index (κ2) is 11.6. The maximum Gasteiger partial charge on any atom is 0.239 e. The number of piperazine rings is 1. The largest absolute Gasteiger partial charge is 0.360 e. The highest BCUT2D eigenvalue weighted by atomic mass is 127. The maximum absolute atomic E-state index is 13.7. The summed E-state index contributed by atoms with van der Waals surface area (Å²) in [5.74, 6) is 0.550. The van der Waals surface area contributed by atoms with Crippen LogP contribution in [0, 0.1) is 5.82 Å². The summed E-state index contributed by atoms with van der Waals surface area (Å²) in [5, 5.41) is 9.29. The molecular weight excluding hydrogens is 484 g/mol. The molecule has 0 spiro atoms. The van der Waals surface area contributed by atoms with E-state index in [2.05, 4.69) is 25.8 Å². The third-order valence-electron chi connectivity index (χ3n) is 4.67. The zero-order chi connectivity index (χ0) is 19.8. The highest BCUT2D eigenvalue weighted by Crippen LogP contribution is 2.16. The second-order valence-corrected chi connectivity index (χ2v) is 6.63. The van der Waals surface area contributed by atoms with Crippen LogP contribution in [0.25, 0.3) is 0 Å². The monoisotopic (exact) mass is 511 g/mol. The Morgan fingerprint density at radius 3 is 2.62 bits per heavy atom. The van der Waals surface area contributed by atoms with Gasteiger partial charge >= 0.3 is 0 Å². The van der Waals surface area contributed by atoms with Crippen LogP contribution < -0.4 is 20.9 Å². The molecule has 1 aliphatic rings. The molecule has 0 radical (unpaired) electrons. The van der Waals surface area contributed by atoms with Gasteiger partial charge in [0.25, 0.3) is 0 Å². The standard InChI is InChI=1S/C21H26FN5O.HI/c1-23-21(25-11-10-17-4-2-3-5-19(17)22)26-14-16-6-8-18(9-7-16)27-13-12-24-20(28)15-27;/h2-9H,10-15H2,1H3,(H,24,28)(H2,23,25,26);1H. The summed E-state index contributed by atoms with van der Waals surface area (Å²) >= 11 is 0. The first-order valence-electron chi connectivity index (χ1n) is 9.44. The second-order valence-electron chi connectivity index (χ2n) is 6.63. The van der Waals surface area contributed by atoms with Gasteiger partial charge in [-0.05, 0) is 35.7 Å². The van der Waals surface area contributed by atoms with Gasteiger partial charge in [0.2, 0.25) is 5.91 Å². The third-order valence-corrected chi connectivity index (χ3v) is 4.67. The first kappa shape index (κ1) is 22.9. The average molecular weight is 511 g/mol. The van der Waals surface area contributed by atoms with Gasteiger partial charge in [0.1, 0.15) is 5.82 Å². The molecule has 1 amide bonds. The summed E-state index contributed by atoms with van der Waals surface area (Å²) in [7, 11) is 1.71. The lowest BCUT2D eigenvalue weighted by Crippen LogP contribution is -2.47. The number of guanidine groups is 1. The molecule has 29 heavy (non-hydrogen) atoms. The van der Waals surface area contributed by atoms with Gasteiger partial charge in [-0.15, -0.1) is 24.0 Å². The van der Waals surface area contributed by atoms with Gasteiger partial charge in [0, 0.05) is 38.9 Å². The fourth-order valence-electron chi connectivity index (χ4n) is 3.11. The van der Waals surface area contributed by atoms with E-state index in [1.54, 1.807) is 19.2 Å². The van der Waals surface area contributed by atoms with Crippen molar-refractivity contribution >= 4 is 41.5 Å². The van der Waals surface area contributed by atoms with E-state index in [0.717, 1.165) is 17.8 Å². The minimum absolute atomic E-state index is 0.